The molecule has 1 aliphatic heterocycles. The Morgan fingerprint density at radius 2 is 1.56 bits per heavy atom. The van der Waals surface area contributed by atoms with Gasteiger partial charge in [0.2, 0.25) is 0 Å². The van der Waals surface area contributed by atoms with Crippen LogP contribution in [0.4, 0.5) is 0 Å². The number of hydrogen-bond acceptors (Lipinski definition) is 3. The van der Waals surface area contributed by atoms with Gasteiger partial charge in [0.15, 0.2) is 0 Å². The highest BCUT2D eigenvalue weighted by atomic mass is 16.5. The molecular formula is C24H36N2O. The molecule has 1 N–H and O–H groups in total. The molecule has 1 aromatic rings. The summed E-state index contributed by atoms with van der Waals surface area (Å²) in [5.74, 6) is 0.904. The maximum atomic E-state index is 8.39. The minimum Gasteiger partial charge on any atom is -0.494 e. The van der Waals surface area contributed by atoms with Gasteiger partial charge in [0.05, 0.1) is 18.0 Å². The quantitative estimate of drug-likeness (QED) is 0.371. The minimum absolute atomic E-state index is 0.634. The van der Waals surface area contributed by atoms with Crippen LogP contribution >= 0.6 is 0 Å². The Bertz CT molecular complexity index is 628. The van der Waals surface area contributed by atoms with Crippen molar-refractivity contribution in [3.05, 3.63) is 41.6 Å². The molecule has 0 radical (unpaired) electrons. The van der Waals surface area contributed by atoms with Gasteiger partial charge in [-0.1, -0.05) is 58.8 Å². The second-order valence-electron chi connectivity index (χ2n) is 7.52. The number of allylic oxidation sites excluding steroid dienone is 1. The summed E-state index contributed by atoms with van der Waals surface area (Å²) in [5, 5.41) is 8.39. The first-order valence-electron chi connectivity index (χ1n) is 10.8. The molecule has 0 saturated carbocycles. The highest BCUT2D eigenvalue weighted by Gasteiger charge is 2.16. The van der Waals surface area contributed by atoms with Crippen LogP contribution in [0.1, 0.15) is 90.0 Å². The van der Waals surface area contributed by atoms with Crippen LogP contribution in [-0.2, 0) is 0 Å². The number of rotatable bonds is 13. The Labute approximate surface area is 165 Å². The number of nitrogens with one attached hydrogen (secondary N) is 1. The van der Waals surface area contributed by atoms with E-state index < -0.39 is 0 Å². The Morgan fingerprint density at radius 1 is 0.889 bits per heavy atom. The Balaban J connectivity index is 1.83. The summed E-state index contributed by atoms with van der Waals surface area (Å²) in [6.07, 6.45) is 15.1. The molecule has 1 aliphatic rings. The fourth-order valence-corrected chi connectivity index (χ4v) is 3.38. The normalized spacial score (nSPS) is 14.1. The third kappa shape index (κ3) is 7.70. The van der Waals surface area contributed by atoms with E-state index in [0.29, 0.717) is 5.71 Å². The van der Waals surface area contributed by atoms with E-state index in [2.05, 4.69) is 18.8 Å². The standard InChI is InChI=1S/C24H36N2O/c1-3-5-7-9-10-12-20-18-23(25)24(26-19-20)21-13-15-22(16-14-21)27-17-11-8-6-4-2/h13-16,19,25H,3-12,17-18H2,1-2H3. The van der Waals surface area contributed by atoms with Gasteiger partial charge in [0.25, 0.3) is 0 Å². The van der Waals surface area contributed by atoms with Crippen molar-refractivity contribution >= 4 is 11.4 Å². The zero-order valence-corrected chi connectivity index (χ0v) is 17.2. The van der Waals surface area contributed by atoms with Crippen LogP contribution in [-0.4, -0.2) is 18.0 Å². The van der Waals surface area contributed by atoms with Gasteiger partial charge in [-0.25, -0.2) is 0 Å². The van der Waals surface area contributed by atoms with Gasteiger partial charge in [0, 0.05) is 18.2 Å². The first-order chi connectivity index (χ1) is 13.2. The van der Waals surface area contributed by atoms with Crippen molar-refractivity contribution in [2.75, 3.05) is 6.61 Å². The summed E-state index contributed by atoms with van der Waals surface area (Å²) in [4.78, 5) is 4.59. The van der Waals surface area contributed by atoms with Crippen LogP contribution in [0.3, 0.4) is 0 Å². The van der Waals surface area contributed by atoms with Gasteiger partial charge < -0.3 is 10.1 Å². The number of nitrogens with zero attached hydrogens (tertiary/aromatic N) is 1. The van der Waals surface area contributed by atoms with Gasteiger partial charge in [-0.05, 0) is 49.1 Å². The summed E-state index contributed by atoms with van der Waals surface area (Å²) in [6, 6.07) is 8.05. The molecule has 1 heterocycles. The molecule has 3 nitrogen and oxygen atoms in total. The molecule has 0 atom stereocenters. The van der Waals surface area contributed by atoms with Gasteiger partial charge >= 0.3 is 0 Å². The average Bonchev–Trinajstić information content (AvgIpc) is 2.68. The predicted octanol–water partition coefficient (Wildman–Crippen LogP) is 7.10. The molecule has 0 aliphatic carbocycles. The molecule has 3 heteroatoms. The lowest BCUT2D eigenvalue weighted by molar-refractivity contribution is 0.305. The fraction of sp³-hybridized carbons (Fsp3) is 0.583. The van der Waals surface area contributed by atoms with E-state index in [4.69, 9.17) is 10.1 Å². The molecule has 0 fully saturated rings. The smallest absolute Gasteiger partial charge is 0.119 e. The topological polar surface area (TPSA) is 45.4 Å². The fourth-order valence-electron chi connectivity index (χ4n) is 3.38. The minimum atomic E-state index is 0.634. The summed E-state index contributed by atoms with van der Waals surface area (Å²) in [6.45, 7) is 5.24. The SMILES string of the molecule is CCCCCCCC1=CN=C(c2ccc(OCCCCCC)cc2)C(=N)C1. The maximum absolute atomic E-state index is 8.39. The third-order valence-corrected chi connectivity index (χ3v) is 5.06. The highest BCUT2D eigenvalue weighted by Crippen LogP contribution is 2.21. The van der Waals surface area contributed by atoms with Gasteiger partial charge in [0.1, 0.15) is 5.75 Å². The molecule has 148 valence electrons. The molecule has 0 amide bonds. The van der Waals surface area contributed by atoms with E-state index in [1.165, 1.54) is 56.9 Å². The number of unbranched alkanes of at least 4 members (excludes halogenated alkanes) is 7. The van der Waals surface area contributed by atoms with Crippen molar-refractivity contribution in [3.63, 3.8) is 0 Å². The van der Waals surface area contributed by atoms with E-state index in [1.807, 2.05) is 30.5 Å². The average molecular weight is 369 g/mol. The van der Waals surface area contributed by atoms with Crippen molar-refractivity contribution in [1.29, 1.82) is 5.41 Å². The van der Waals surface area contributed by atoms with Crippen molar-refractivity contribution in [2.24, 2.45) is 4.99 Å². The predicted molar refractivity (Wildman–Crippen MR) is 116 cm³/mol. The molecule has 1 aromatic carbocycles. The van der Waals surface area contributed by atoms with Crippen molar-refractivity contribution in [1.82, 2.24) is 0 Å². The Morgan fingerprint density at radius 3 is 2.22 bits per heavy atom. The van der Waals surface area contributed by atoms with Gasteiger partial charge in [-0.2, -0.15) is 0 Å². The first-order valence-corrected chi connectivity index (χ1v) is 10.8. The van der Waals surface area contributed by atoms with E-state index in [1.54, 1.807) is 0 Å². The Hall–Kier alpha value is -1.90. The molecule has 0 bridgehead atoms. The van der Waals surface area contributed by atoms with Crippen LogP contribution in [0, 0.1) is 5.41 Å². The molecule has 2 rings (SSSR count). The Kier molecular flexibility index (Phi) is 9.89. The van der Waals surface area contributed by atoms with Crippen LogP contribution in [0.25, 0.3) is 0 Å². The van der Waals surface area contributed by atoms with Crippen molar-refractivity contribution < 1.29 is 4.74 Å². The third-order valence-electron chi connectivity index (χ3n) is 5.06. The summed E-state index contributed by atoms with van der Waals surface area (Å²) < 4.78 is 5.81. The second kappa shape index (κ2) is 12.5. The second-order valence-corrected chi connectivity index (χ2v) is 7.52. The number of aliphatic imine (C=N–C) groups is 1. The van der Waals surface area contributed by atoms with Crippen molar-refractivity contribution in [3.8, 4) is 5.75 Å². The lowest BCUT2D eigenvalue weighted by atomic mass is 9.95. The van der Waals surface area contributed by atoms with E-state index in [0.717, 1.165) is 42.9 Å². The number of ether oxygens (including phenoxy) is 1. The van der Waals surface area contributed by atoms with E-state index >= 15 is 0 Å². The first kappa shape index (κ1) is 21.4. The molecule has 0 spiro atoms. The van der Waals surface area contributed by atoms with Crippen molar-refractivity contribution in [2.45, 2.75) is 84.5 Å². The van der Waals surface area contributed by atoms with Gasteiger partial charge in [-0.3, -0.25) is 4.99 Å². The molecule has 0 saturated heterocycles. The van der Waals surface area contributed by atoms with Crippen LogP contribution in [0.15, 0.2) is 41.0 Å². The van der Waals surface area contributed by atoms with Crippen LogP contribution in [0.2, 0.25) is 0 Å². The van der Waals surface area contributed by atoms with Crippen LogP contribution in [0.5, 0.6) is 5.75 Å². The maximum Gasteiger partial charge on any atom is 0.119 e. The lowest BCUT2D eigenvalue weighted by Gasteiger charge is -2.15. The summed E-state index contributed by atoms with van der Waals surface area (Å²) in [7, 11) is 0. The lowest BCUT2D eigenvalue weighted by Crippen LogP contribution is -2.18. The number of benzene rings is 1. The molecule has 0 aromatic heterocycles. The molecular weight excluding hydrogens is 332 g/mol. The van der Waals surface area contributed by atoms with Gasteiger partial charge in [-0.15, -0.1) is 0 Å². The summed E-state index contributed by atoms with van der Waals surface area (Å²) in [5.41, 5.74) is 3.75. The zero-order valence-electron chi connectivity index (χ0n) is 17.2. The monoisotopic (exact) mass is 368 g/mol. The number of hydrogen-bond donors (Lipinski definition) is 1. The largest absolute Gasteiger partial charge is 0.494 e. The highest BCUT2D eigenvalue weighted by molar-refractivity contribution is 6.48. The molecule has 0 unspecified atom stereocenters. The van der Waals surface area contributed by atoms with Crippen LogP contribution < -0.4 is 4.74 Å². The zero-order chi connectivity index (χ0) is 19.3. The molecule has 27 heavy (non-hydrogen) atoms. The van der Waals surface area contributed by atoms with E-state index in [9.17, 15) is 0 Å². The van der Waals surface area contributed by atoms with E-state index in [-0.39, 0.29) is 0 Å². The summed E-state index contributed by atoms with van der Waals surface area (Å²) >= 11 is 0.